The summed E-state index contributed by atoms with van der Waals surface area (Å²) in [5, 5.41) is 9.59. The first-order valence-corrected chi connectivity index (χ1v) is 7.70. The normalized spacial score (nSPS) is 10.8. The van der Waals surface area contributed by atoms with Crippen LogP contribution in [0.5, 0.6) is 0 Å². The maximum absolute atomic E-state index is 15.2. The SMILES string of the molecule is Cc1c(-c2ccccc2)c(F)c2oc(-c3ccccn3)nc2c1C#N. The first-order valence-electron chi connectivity index (χ1n) is 7.70. The smallest absolute Gasteiger partial charge is 0.246 e. The molecule has 4 nitrogen and oxygen atoms in total. The molecule has 0 radical (unpaired) electrons. The van der Waals surface area contributed by atoms with Crippen LogP contribution in [-0.4, -0.2) is 9.97 Å². The zero-order valence-corrected chi connectivity index (χ0v) is 13.3. The van der Waals surface area contributed by atoms with Gasteiger partial charge in [0.15, 0.2) is 11.4 Å². The van der Waals surface area contributed by atoms with E-state index < -0.39 is 5.82 Å². The van der Waals surface area contributed by atoms with Crippen LogP contribution < -0.4 is 0 Å². The highest BCUT2D eigenvalue weighted by molar-refractivity contribution is 5.90. The van der Waals surface area contributed by atoms with Crippen LogP contribution >= 0.6 is 0 Å². The second-order valence-corrected chi connectivity index (χ2v) is 5.58. The van der Waals surface area contributed by atoms with E-state index in [2.05, 4.69) is 16.0 Å². The van der Waals surface area contributed by atoms with E-state index in [4.69, 9.17) is 4.42 Å². The molecule has 0 spiro atoms. The van der Waals surface area contributed by atoms with Crippen molar-refractivity contribution in [2.75, 3.05) is 0 Å². The fourth-order valence-electron chi connectivity index (χ4n) is 2.90. The second-order valence-electron chi connectivity index (χ2n) is 5.58. The molecule has 0 aliphatic heterocycles. The summed E-state index contributed by atoms with van der Waals surface area (Å²) in [7, 11) is 0. The van der Waals surface area contributed by atoms with Gasteiger partial charge in [-0.15, -0.1) is 0 Å². The van der Waals surface area contributed by atoms with Gasteiger partial charge in [-0.1, -0.05) is 36.4 Å². The standard InChI is InChI=1S/C20H12FN3O/c1-12-14(11-22)18-19(17(21)16(12)13-7-3-2-4-8-13)25-20(24-18)15-9-5-6-10-23-15/h2-10H,1H3. The minimum absolute atomic E-state index is 0.0262. The topological polar surface area (TPSA) is 62.7 Å². The summed E-state index contributed by atoms with van der Waals surface area (Å²) in [5.74, 6) is -0.331. The number of halogens is 1. The van der Waals surface area contributed by atoms with Crippen molar-refractivity contribution in [3.8, 4) is 28.8 Å². The molecule has 2 aromatic carbocycles. The van der Waals surface area contributed by atoms with Crippen LogP contribution in [0.2, 0.25) is 0 Å². The molecule has 0 N–H and O–H groups in total. The fraction of sp³-hybridized carbons (Fsp3) is 0.0500. The van der Waals surface area contributed by atoms with Gasteiger partial charge in [0.25, 0.3) is 0 Å². The van der Waals surface area contributed by atoms with E-state index in [0.717, 1.165) is 0 Å². The Kier molecular flexibility index (Phi) is 3.51. The number of aromatic nitrogens is 2. The number of nitriles is 1. The number of hydrogen-bond acceptors (Lipinski definition) is 4. The van der Waals surface area contributed by atoms with Crippen molar-refractivity contribution in [1.82, 2.24) is 9.97 Å². The number of oxazole rings is 1. The van der Waals surface area contributed by atoms with Crippen LogP contribution in [-0.2, 0) is 0 Å². The van der Waals surface area contributed by atoms with Gasteiger partial charge in [0.1, 0.15) is 17.3 Å². The van der Waals surface area contributed by atoms with Crippen molar-refractivity contribution in [2.24, 2.45) is 0 Å². The monoisotopic (exact) mass is 329 g/mol. The zero-order valence-electron chi connectivity index (χ0n) is 13.3. The van der Waals surface area contributed by atoms with Crippen molar-refractivity contribution < 1.29 is 8.81 Å². The van der Waals surface area contributed by atoms with Crippen LogP contribution in [0.3, 0.4) is 0 Å². The third-order valence-electron chi connectivity index (χ3n) is 4.09. The molecule has 0 saturated heterocycles. The fourth-order valence-corrected chi connectivity index (χ4v) is 2.90. The third kappa shape index (κ3) is 2.36. The number of fused-ring (bicyclic) bond motifs is 1. The van der Waals surface area contributed by atoms with E-state index in [-0.39, 0.29) is 17.0 Å². The zero-order chi connectivity index (χ0) is 17.4. The number of nitrogens with zero attached hydrogens (tertiary/aromatic N) is 3. The number of hydrogen-bond donors (Lipinski definition) is 0. The maximum atomic E-state index is 15.2. The Bertz CT molecular complexity index is 1110. The van der Waals surface area contributed by atoms with Gasteiger partial charge < -0.3 is 4.42 Å². The lowest BCUT2D eigenvalue weighted by Crippen LogP contribution is -1.95. The molecule has 0 atom stereocenters. The lowest BCUT2D eigenvalue weighted by atomic mass is 9.95. The Hall–Kier alpha value is -3.52. The second kappa shape index (κ2) is 5.84. The molecule has 0 unspecified atom stereocenters. The van der Waals surface area contributed by atoms with Gasteiger partial charge in [-0.2, -0.15) is 5.26 Å². The molecule has 0 bridgehead atoms. The molecule has 25 heavy (non-hydrogen) atoms. The van der Waals surface area contributed by atoms with Crippen molar-refractivity contribution in [1.29, 1.82) is 5.26 Å². The minimum Gasteiger partial charge on any atom is -0.431 e. The highest BCUT2D eigenvalue weighted by atomic mass is 19.1. The van der Waals surface area contributed by atoms with Crippen LogP contribution in [0.15, 0.2) is 59.1 Å². The van der Waals surface area contributed by atoms with E-state index in [9.17, 15) is 5.26 Å². The lowest BCUT2D eigenvalue weighted by molar-refractivity contribution is 0.564. The highest BCUT2D eigenvalue weighted by Gasteiger charge is 2.23. The molecular weight excluding hydrogens is 317 g/mol. The third-order valence-corrected chi connectivity index (χ3v) is 4.09. The molecule has 2 heterocycles. The van der Waals surface area contributed by atoms with Crippen molar-refractivity contribution in [3.63, 3.8) is 0 Å². The van der Waals surface area contributed by atoms with E-state index >= 15 is 4.39 Å². The summed E-state index contributed by atoms with van der Waals surface area (Å²) in [6.07, 6.45) is 1.60. The van der Waals surface area contributed by atoms with Crippen LogP contribution in [0.4, 0.5) is 4.39 Å². The maximum Gasteiger partial charge on any atom is 0.246 e. The molecule has 0 aliphatic carbocycles. The van der Waals surface area contributed by atoms with E-state index in [1.165, 1.54) is 0 Å². The Balaban J connectivity index is 2.06. The van der Waals surface area contributed by atoms with Gasteiger partial charge in [-0.05, 0) is 30.2 Å². The summed E-state index contributed by atoms with van der Waals surface area (Å²) in [5.41, 5.74) is 2.57. The van der Waals surface area contributed by atoms with Gasteiger partial charge in [0.2, 0.25) is 5.89 Å². The van der Waals surface area contributed by atoms with E-state index in [0.29, 0.717) is 27.9 Å². The molecule has 0 aliphatic rings. The molecule has 5 heteroatoms. The summed E-state index contributed by atoms with van der Waals surface area (Å²) in [4.78, 5) is 8.49. The number of benzene rings is 2. The highest BCUT2D eigenvalue weighted by Crippen LogP contribution is 2.37. The molecule has 2 aromatic heterocycles. The van der Waals surface area contributed by atoms with Crippen molar-refractivity contribution >= 4 is 11.1 Å². The first-order chi connectivity index (χ1) is 12.2. The van der Waals surface area contributed by atoms with Crippen LogP contribution in [0.1, 0.15) is 11.1 Å². The number of rotatable bonds is 2. The van der Waals surface area contributed by atoms with Crippen molar-refractivity contribution in [2.45, 2.75) is 6.92 Å². The molecule has 4 rings (SSSR count). The van der Waals surface area contributed by atoms with E-state index in [1.54, 1.807) is 43.5 Å². The molecule has 0 amide bonds. The average Bonchev–Trinajstić information content (AvgIpc) is 3.09. The Labute approximate surface area is 143 Å². The molecule has 0 saturated carbocycles. The van der Waals surface area contributed by atoms with Gasteiger partial charge in [-0.25, -0.2) is 9.37 Å². The molecule has 120 valence electrons. The van der Waals surface area contributed by atoms with Gasteiger partial charge in [0.05, 0.1) is 5.56 Å². The van der Waals surface area contributed by atoms with Crippen LogP contribution in [0, 0.1) is 24.1 Å². The summed E-state index contributed by atoms with van der Waals surface area (Å²) < 4.78 is 20.8. The largest absolute Gasteiger partial charge is 0.431 e. The predicted octanol–water partition coefficient (Wildman–Crippen LogP) is 4.88. The minimum atomic E-state index is -0.521. The average molecular weight is 329 g/mol. The Morgan fingerprint density at radius 1 is 1.08 bits per heavy atom. The van der Waals surface area contributed by atoms with Gasteiger partial charge >= 0.3 is 0 Å². The quantitative estimate of drug-likeness (QED) is 0.526. The van der Waals surface area contributed by atoms with Gasteiger partial charge in [0, 0.05) is 11.8 Å². The van der Waals surface area contributed by atoms with Gasteiger partial charge in [-0.3, -0.25) is 4.98 Å². The summed E-state index contributed by atoms with van der Waals surface area (Å²) in [6.45, 7) is 1.72. The molecular formula is C20H12FN3O. The summed E-state index contributed by atoms with van der Waals surface area (Å²) in [6, 6.07) is 16.5. The predicted molar refractivity (Wildman–Crippen MR) is 92.1 cm³/mol. The first kappa shape index (κ1) is 15.0. The van der Waals surface area contributed by atoms with Crippen LogP contribution in [0.25, 0.3) is 33.8 Å². The Morgan fingerprint density at radius 3 is 2.52 bits per heavy atom. The Morgan fingerprint density at radius 2 is 1.84 bits per heavy atom. The van der Waals surface area contributed by atoms with E-state index in [1.807, 2.05) is 18.2 Å². The summed E-state index contributed by atoms with van der Waals surface area (Å²) >= 11 is 0. The number of pyridine rings is 1. The van der Waals surface area contributed by atoms with Crippen molar-refractivity contribution in [3.05, 3.63) is 71.7 Å². The molecule has 0 fully saturated rings. The lowest BCUT2D eigenvalue weighted by Gasteiger charge is -2.09. The molecule has 4 aromatic rings.